The minimum atomic E-state index is -3.48. The Morgan fingerprint density at radius 3 is 2.86 bits per heavy atom. The monoisotopic (exact) mass is 306 g/mol. The average Bonchev–Trinajstić information content (AvgIpc) is 2.92. The van der Waals surface area contributed by atoms with Crippen LogP contribution in [0.4, 0.5) is 0 Å². The Bertz CT molecular complexity index is 752. The molecule has 2 N–H and O–H groups in total. The van der Waals surface area contributed by atoms with E-state index in [-0.39, 0.29) is 12.3 Å². The highest BCUT2D eigenvalue weighted by Gasteiger charge is 2.16. The molecule has 1 aliphatic carbocycles. The van der Waals surface area contributed by atoms with Gasteiger partial charge in [-0.1, -0.05) is 23.4 Å². The molecule has 3 rings (SSSR count). The zero-order chi connectivity index (χ0) is 14.9. The second kappa shape index (κ2) is 5.57. The normalized spacial score (nSPS) is 14.9. The lowest BCUT2D eigenvalue weighted by Crippen LogP contribution is -2.20. The quantitative estimate of drug-likeness (QED) is 0.916. The summed E-state index contributed by atoms with van der Waals surface area (Å²) in [6.07, 6.45) is 6.40. The van der Waals surface area contributed by atoms with E-state index in [1.807, 2.05) is 6.07 Å². The molecule has 1 aromatic heterocycles. The molecule has 0 unspecified atom stereocenters. The smallest absolute Gasteiger partial charge is 0.210 e. The van der Waals surface area contributed by atoms with Crippen molar-refractivity contribution in [1.82, 2.24) is 15.0 Å². The van der Waals surface area contributed by atoms with E-state index in [9.17, 15) is 8.42 Å². The van der Waals surface area contributed by atoms with Crippen molar-refractivity contribution in [2.24, 2.45) is 5.14 Å². The third kappa shape index (κ3) is 3.30. The Morgan fingerprint density at radius 1 is 1.24 bits per heavy atom. The van der Waals surface area contributed by atoms with Crippen molar-refractivity contribution in [1.29, 1.82) is 0 Å². The molecule has 0 radical (unpaired) electrons. The maximum Gasteiger partial charge on any atom is 0.210 e. The third-order valence-corrected chi connectivity index (χ3v) is 4.57. The number of nitrogens with zero attached hydrogens (tertiary/aromatic N) is 3. The maximum atomic E-state index is 11.0. The topological polar surface area (TPSA) is 90.9 Å². The number of fused-ring (bicyclic) bond motifs is 1. The van der Waals surface area contributed by atoms with Gasteiger partial charge >= 0.3 is 0 Å². The number of nitrogens with two attached hydrogens (primary N) is 1. The molecular weight excluding hydrogens is 288 g/mol. The van der Waals surface area contributed by atoms with Gasteiger partial charge in [0, 0.05) is 5.56 Å². The number of hydrogen-bond acceptors (Lipinski definition) is 4. The van der Waals surface area contributed by atoms with Crippen molar-refractivity contribution in [2.75, 3.05) is 5.75 Å². The molecule has 0 bridgehead atoms. The van der Waals surface area contributed by atoms with E-state index >= 15 is 0 Å². The molecule has 0 fully saturated rings. The van der Waals surface area contributed by atoms with Crippen molar-refractivity contribution in [3.05, 3.63) is 35.5 Å². The van der Waals surface area contributed by atoms with Crippen molar-refractivity contribution >= 4 is 10.0 Å². The maximum absolute atomic E-state index is 11.0. The van der Waals surface area contributed by atoms with E-state index in [4.69, 9.17) is 5.14 Å². The minimum Gasteiger partial charge on any atom is -0.251 e. The van der Waals surface area contributed by atoms with E-state index in [1.165, 1.54) is 28.7 Å². The minimum absolute atomic E-state index is 0.136. The standard InChI is InChI=1S/C14H18N4O2S/c15-21(19,20)9-8-18-10-14(16-17-18)13-7-3-5-11-4-1-2-6-12(11)13/h3,5,7,10H,1-2,4,6,8-9H2,(H2,15,19,20). The predicted molar refractivity (Wildman–Crippen MR) is 80.1 cm³/mol. The highest BCUT2D eigenvalue weighted by molar-refractivity contribution is 7.89. The second-order valence-electron chi connectivity index (χ2n) is 5.38. The van der Waals surface area contributed by atoms with Crippen LogP contribution in [0.15, 0.2) is 24.4 Å². The number of aromatic nitrogens is 3. The van der Waals surface area contributed by atoms with Crippen LogP contribution in [0.25, 0.3) is 11.3 Å². The first-order valence-electron chi connectivity index (χ1n) is 7.05. The van der Waals surface area contributed by atoms with Gasteiger partial charge in [0.15, 0.2) is 0 Å². The Hall–Kier alpha value is -1.73. The molecule has 0 amide bonds. The molecule has 0 atom stereocenters. The summed E-state index contributed by atoms with van der Waals surface area (Å²) in [7, 11) is -3.48. The number of aryl methyl sites for hydroxylation is 2. The molecule has 1 heterocycles. The zero-order valence-electron chi connectivity index (χ0n) is 11.7. The molecule has 1 aromatic carbocycles. The van der Waals surface area contributed by atoms with E-state index < -0.39 is 10.0 Å². The van der Waals surface area contributed by atoms with Crippen LogP contribution in [0, 0.1) is 0 Å². The number of sulfonamides is 1. The molecule has 21 heavy (non-hydrogen) atoms. The molecule has 2 aromatic rings. The van der Waals surface area contributed by atoms with Crippen LogP contribution in [0.2, 0.25) is 0 Å². The van der Waals surface area contributed by atoms with Crippen LogP contribution in [-0.2, 0) is 29.4 Å². The lowest BCUT2D eigenvalue weighted by molar-refractivity contribution is 0.576. The fourth-order valence-electron chi connectivity index (χ4n) is 2.77. The first-order valence-corrected chi connectivity index (χ1v) is 8.76. The van der Waals surface area contributed by atoms with E-state index in [1.54, 1.807) is 6.20 Å². The Kier molecular flexibility index (Phi) is 3.77. The Labute approximate surface area is 124 Å². The summed E-state index contributed by atoms with van der Waals surface area (Å²) >= 11 is 0. The summed E-state index contributed by atoms with van der Waals surface area (Å²) in [6.45, 7) is 0.223. The van der Waals surface area contributed by atoms with E-state index in [0.29, 0.717) is 0 Å². The van der Waals surface area contributed by atoms with Crippen LogP contribution in [-0.4, -0.2) is 29.2 Å². The average molecular weight is 306 g/mol. The number of benzene rings is 1. The van der Waals surface area contributed by atoms with Gasteiger partial charge in [-0.3, -0.25) is 4.68 Å². The van der Waals surface area contributed by atoms with Crippen molar-refractivity contribution in [3.8, 4) is 11.3 Å². The van der Waals surface area contributed by atoms with E-state index in [2.05, 4.69) is 22.4 Å². The van der Waals surface area contributed by atoms with Crippen molar-refractivity contribution in [2.45, 2.75) is 32.2 Å². The summed E-state index contributed by atoms with van der Waals surface area (Å²) in [6, 6.07) is 6.27. The van der Waals surface area contributed by atoms with Crippen LogP contribution in [0.1, 0.15) is 24.0 Å². The highest BCUT2D eigenvalue weighted by Crippen LogP contribution is 2.30. The largest absolute Gasteiger partial charge is 0.251 e. The number of primary sulfonamides is 1. The summed E-state index contributed by atoms with van der Waals surface area (Å²) < 4.78 is 23.5. The van der Waals surface area contributed by atoms with Gasteiger partial charge < -0.3 is 0 Å². The molecular formula is C14H18N4O2S. The van der Waals surface area contributed by atoms with Crippen LogP contribution in [0.5, 0.6) is 0 Å². The predicted octanol–water partition coefficient (Wildman–Crippen LogP) is 1.11. The summed E-state index contributed by atoms with van der Waals surface area (Å²) in [4.78, 5) is 0. The highest BCUT2D eigenvalue weighted by atomic mass is 32.2. The molecule has 6 nitrogen and oxygen atoms in total. The molecule has 0 saturated carbocycles. The van der Waals surface area contributed by atoms with Gasteiger partial charge in [-0.2, -0.15) is 0 Å². The summed E-state index contributed by atoms with van der Waals surface area (Å²) in [5, 5.41) is 13.2. The Balaban J connectivity index is 1.87. The Morgan fingerprint density at radius 2 is 2.05 bits per heavy atom. The number of rotatable bonds is 4. The SMILES string of the molecule is NS(=O)(=O)CCn1cc(-c2cccc3c2CCCC3)nn1. The fraction of sp³-hybridized carbons (Fsp3) is 0.429. The first-order chi connectivity index (χ1) is 10.0. The molecule has 0 spiro atoms. The van der Waals surface area contributed by atoms with Crippen LogP contribution < -0.4 is 5.14 Å². The van der Waals surface area contributed by atoms with Gasteiger partial charge in [0.05, 0.1) is 18.5 Å². The van der Waals surface area contributed by atoms with Gasteiger partial charge in [0.1, 0.15) is 5.69 Å². The lowest BCUT2D eigenvalue weighted by Gasteiger charge is -2.18. The number of hydrogen-bond donors (Lipinski definition) is 1. The van der Waals surface area contributed by atoms with Crippen molar-refractivity contribution < 1.29 is 8.42 Å². The van der Waals surface area contributed by atoms with Gasteiger partial charge in [-0.25, -0.2) is 13.6 Å². The molecule has 112 valence electrons. The molecule has 7 heteroatoms. The molecule has 1 aliphatic rings. The fourth-order valence-corrected chi connectivity index (χ4v) is 3.21. The molecule has 0 saturated heterocycles. The zero-order valence-corrected chi connectivity index (χ0v) is 12.5. The second-order valence-corrected chi connectivity index (χ2v) is 7.12. The van der Waals surface area contributed by atoms with Crippen LogP contribution >= 0.6 is 0 Å². The van der Waals surface area contributed by atoms with Gasteiger partial charge in [0.25, 0.3) is 0 Å². The third-order valence-electron chi connectivity index (χ3n) is 3.82. The first kappa shape index (κ1) is 14.2. The van der Waals surface area contributed by atoms with Crippen LogP contribution in [0.3, 0.4) is 0 Å². The van der Waals surface area contributed by atoms with Crippen molar-refractivity contribution in [3.63, 3.8) is 0 Å². The van der Waals surface area contributed by atoms with Gasteiger partial charge in [-0.15, -0.1) is 5.10 Å². The summed E-state index contributed by atoms with van der Waals surface area (Å²) in [5.74, 6) is -0.136. The van der Waals surface area contributed by atoms with E-state index in [0.717, 1.165) is 24.1 Å². The van der Waals surface area contributed by atoms with Gasteiger partial charge in [0.2, 0.25) is 10.0 Å². The molecule has 0 aliphatic heterocycles. The van der Waals surface area contributed by atoms with Gasteiger partial charge in [-0.05, 0) is 36.8 Å². The summed E-state index contributed by atoms with van der Waals surface area (Å²) in [5.41, 5.74) is 4.64. The lowest BCUT2D eigenvalue weighted by atomic mass is 9.87.